The van der Waals surface area contributed by atoms with Crippen LogP contribution >= 0.6 is 0 Å². The summed E-state index contributed by atoms with van der Waals surface area (Å²) in [5.74, 6) is -0.198. The molecule has 1 fully saturated rings. The first kappa shape index (κ1) is 11.6. The van der Waals surface area contributed by atoms with E-state index >= 15 is 0 Å². The fraction of sp³-hybridized carbons (Fsp3) is 0.538. The van der Waals surface area contributed by atoms with Gasteiger partial charge in [-0.2, -0.15) is 0 Å². The van der Waals surface area contributed by atoms with Crippen LogP contribution in [0.25, 0.3) is 0 Å². The second kappa shape index (κ2) is 4.52. The summed E-state index contributed by atoms with van der Waals surface area (Å²) in [6.45, 7) is 0.630. The molecular formula is C13H18FNO. The van der Waals surface area contributed by atoms with Gasteiger partial charge in [0.25, 0.3) is 0 Å². The molecule has 0 aliphatic heterocycles. The standard InChI is InChI=1S/C13H18FNO/c14-11-3-1-10(2-4-11)5-6-13(9-15)7-12(16)8-13/h1-4,12,16H,5-9,15H2. The summed E-state index contributed by atoms with van der Waals surface area (Å²) in [6.07, 6.45) is 3.34. The van der Waals surface area contributed by atoms with E-state index < -0.39 is 0 Å². The Hall–Kier alpha value is -0.930. The second-order valence-corrected chi connectivity index (χ2v) is 4.89. The number of nitrogens with two attached hydrogens (primary N) is 1. The highest BCUT2D eigenvalue weighted by molar-refractivity contribution is 5.16. The van der Waals surface area contributed by atoms with Crippen LogP contribution in [0, 0.1) is 11.2 Å². The van der Waals surface area contributed by atoms with Gasteiger partial charge in [0, 0.05) is 0 Å². The van der Waals surface area contributed by atoms with Crippen LogP contribution in [-0.2, 0) is 6.42 Å². The third-order valence-corrected chi connectivity index (χ3v) is 3.63. The molecule has 1 aromatic carbocycles. The van der Waals surface area contributed by atoms with E-state index in [0.717, 1.165) is 31.2 Å². The minimum Gasteiger partial charge on any atom is -0.393 e. The molecule has 1 aliphatic rings. The van der Waals surface area contributed by atoms with E-state index in [1.54, 1.807) is 0 Å². The van der Waals surface area contributed by atoms with Gasteiger partial charge in [0.05, 0.1) is 6.10 Å². The summed E-state index contributed by atoms with van der Waals surface area (Å²) < 4.78 is 12.7. The van der Waals surface area contributed by atoms with E-state index in [9.17, 15) is 9.50 Å². The maximum Gasteiger partial charge on any atom is 0.123 e. The van der Waals surface area contributed by atoms with Crippen LogP contribution in [0.1, 0.15) is 24.8 Å². The molecule has 1 aliphatic carbocycles. The van der Waals surface area contributed by atoms with E-state index in [-0.39, 0.29) is 17.3 Å². The zero-order valence-electron chi connectivity index (χ0n) is 9.32. The van der Waals surface area contributed by atoms with Gasteiger partial charge >= 0.3 is 0 Å². The Bertz CT molecular complexity index is 343. The quantitative estimate of drug-likeness (QED) is 0.818. The number of aliphatic hydroxyl groups excluding tert-OH is 1. The lowest BCUT2D eigenvalue weighted by Gasteiger charge is -2.45. The molecule has 2 rings (SSSR count). The molecule has 1 saturated carbocycles. The molecule has 3 N–H and O–H groups in total. The molecule has 0 radical (unpaired) electrons. The molecule has 16 heavy (non-hydrogen) atoms. The minimum atomic E-state index is -0.198. The third-order valence-electron chi connectivity index (χ3n) is 3.63. The molecule has 0 heterocycles. The molecule has 88 valence electrons. The monoisotopic (exact) mass is 223 g/mol. The number of benzene rings is 1. The number of rotatable bonds is 4. The lowest BCUT2D eigenvalue weighted by atomic mass is 9.64. The van der Waals surface area contributed by atoms with Crippen molar-refractivity contribution < 1.29 is 9.50 Å². The van der Waals surface area contributed by atoms with Crippen LogP contribution < -0.4 is 5.73 Å². The smallest absolute Gasteiger partial charge is 0.123 e. The predicted octanol–water partition coefficient (Wildman–Crippen LogP) is 1.86. The zero-order chi connectivity index (χ0) is 11.6. The number of hydrogen-bond donors (Lipinski definition) is 2. The van der Waals surface area contributed by atoms with Crippen LogP contribution in [0.4, 0.5) is 4.39 Å². The molecular weight excluding hydrogens is 205 g/mol. The highest BCUT2D eigenvalue weighted by Crippen LogP contribution is 2.43. The lowest BCUT2D eigenvalue weighted by Crippen LogP contribution is -2.46. The van der Waals surface area contributed by atoms with Crippen LogP contribution in [0.3, 0.4) is 0 Å². The third kappa shape index (κ3) is 2.42. The van der Waals surface area contributed by atoms with Gasteiger partial charge in [-0.1, -0.05) is 12.1 Å². The molecule has 0 saturated heterocycles. The Morgan fingerprint density at radius 3 is 2.44 bits per heavy atom. The Morgan fingerprint density at radius 1 is 1.31 bits per heavy atom. The second-order valence-electron chi connectivity index (χ2n) is 4.89. The van der Waals surface area contributed by atoms with E-state index in [1.807, 2.05) is 12.1 Å². The van der Waals surface area contributed by atoms with E-state index in [1.165, 1.54) is 12.1 Å². The van der Waals surface area contributed by atoms with Crippen LogP contribution in [0.15, 0.2) is 24.3 Å². The van der Waals surface area contributed by atoms with Gasteiger partial charge in [0.1, 0.15) is 5.82 Å². The molecule has 0 atom stereocenters. The minimum absolute atomic E-state index is 0.119. The number of halogens is 1. The first-order chi connectivity index (χ1) is 7.63. The van der Waals surface area contributed by atoms with Crippen molar-refractivity contribution in [2.75, 3.05) is 6.54 Å². The van der Waals surface area contributed by atoms with Crippen molar-refractivity contribution in [1.29, 1.82) is 0 Å². The fourth-order valence-corrected chi connectivity index (χ4v) is 2.47. The summed E-state index contributed by atoms with van der Waals surface area (Å²) in [5.41, 5.74) is 7.00. The zero-order valence-corrected chi connectivity index (χ0v) is 9.32. The SMILES string of the molecule is NCC1(CCc2ccc(F)cc2)CC(O)C1. The highest BCUT2D eigenvalue weighted by Gasteiger charge is 2.41. The first-order valence-electron chi connectivity index (χ1n) is 5.76. The van der Waals surface area contributed by atoms with E-state index in [2.05, 4.69) is 0 Å². The molecule has 0 aromatic heterocycles. The number of aliphatic hydroxyl groups is 1. The van der Waals surface area contributed by atoms with Crippen molar-refractivity contribution in [2.24, 2.45) is 11.1 Å². The Balaban J connectivity index is 1.89. The van der Waals surface area contributed by atoms with Crippen LogP contribution in [-0.4, -0.2) is 17.8 Å². The molecule has 2 nitrogen and oxygen atoms in total. The normalized spacial score (nSPS) is 28.8. The molecule has 0 bridgehead atoms. The average molecular weight is 223 g/mol. The number of hydrogen-bond acceptors (Lipinski definition) is 2. The molecule has 3 heteroatoms. The van der Waals surface area contributed by atoms with Gasteiger partial charge < -0.3 is 10.8 Å². The van der Waals surface area contributed by atoms with Gasteiger partial charge in [-0.15, -0.1) is 0 Å². The highest BCUT2D eigenvalue weighted by atomic mass is 19.1. The van der Waals surface area contributed by atoms with Crippen molar-refractivity contribution in [3.63, 3.8) is 0 Å². The van der Waals surface area contributed by atoms with Gasteiger partial charge in [-0.05, 0) is 55.3 Å². The topological polar surface area (TPSA) is 46.2 Å². The fourth-order valence-electron chi connectivity index (χ4n) is 2.47. The van der Waals surface area contributed by atoms with Crippen molar-refractivity contribution in [1.82, 2.24) is 0 Å². The van der Waals surface area contributed by atoms with Crippen molar-refractivity contribution in [2.45, 2.75) is 31.8 Å². The van der Waals surface area contributed by atoms with Crippen molar-refractivity contribution in [3.8, 4) is 0 Å². The predicted molar refractivity (Wildman–Crippen MR) is 61.4 cm³/mol. The lowest BCUT2D eigenvalue weighted by molar-refractivity contribution is -0.0312. The van der Waals surface area contributed by atoms with Gasteiger partial charge in [0.2, 0.25) is 0 Å². The Morgan fingerprint density at radius 2 is 1.94 bits per heavy atom. The first-order valence-corrected chi connectivity index (χ1v) is 5.76. The van der Waals surface area contributed by atoms with E-state index in [0.29, 0.717) is 6.54 Å². The summed E-state index contributed by atoms with van der Waals surface area (Å²) >= 11 is 0. The van der Waals surface area contributed by atoms with Gasteiger partial charge in [-0.25, -0.2) is 4.39 Å². The Labute approximate surface area is 95.3 Å². The Kier molecular flexibility index (Phi) is 3.26. The van der Waals surface area contributed by atoms with E-state index in [4.69, 9.17) is 5.73 Å². The summed E-state index contributed by atoms with van der Waals surface area (Å²) in [7, 11) is 0. The summed E-state index contributed by atoms with van der Waals surface area (Å²) in [4.78, 5) is 0. The maximum atomic E-state index is 12.7. The molecule has 0 amide bonds. The summed E-state index contributed by atoms with van der Waals surface area (Å²) in [5, 5.41) is 9.34. The summed E-state index contributed by atoms with van der Waals surface area (Å²) in [6, 6.07) is 6.60. The van der Waals surface area contributed by atoms with Crippen LogP contribution in [0.5, 0.6) is 0 Å². The molecule has 1 aromatic rings. The van der Waals surface area contributed by atoms with Gasteiger partial charge in [0.15, 0.2) is 0 Å². The van der Waals surface area contributed by atoms with Gasteiger partial charge in [-0.3, -0.25) is 0 Å². The van der Waals surface area contributed by atoms with Crippen molar-refractivity contribution in [3.05, 3.63) is 35.6 Å². The molecule has 0 unspecified atom stereocenters. The largest absolute Gasteiger partial charge is 0.393 e. The van der Waals surface area contributed by atoms with Crippen LogP contribution in [0.2, 0.25) is 0 Å². The molecule has 0 spiro atoms. The maximum absolute atomic E-state index is 12.7. The number of aryl methyl sites for hydroxylation is 1. The average Bonchev–Trinajstić information content (AvgIpc) is 2.25. The van der Waals surface area contributed by atoms with Crippen molar-refractivity contribution >= 4 is 0 Å².